The molecule has 0 unspecified atom stereocenters. The minimum Gasteiger partial charge on any atom is -0.485 e. The zero-order valence-electron chi connectivity index (χ0n) is 22.8. The number of carbonyl (C=O) groups excluding carboxylic acids is 1. The Morgan fingerprint density at radius 1 is 1.07 bits per heavy atom. The molecule has 4 aromatic rings. The van der Waals surface area contributed by atoms with Crippen molar-refractivity contribution in [2.45, 2.75) is 13.8 Å². The minimum atomic E-state index is -1.03. The molecule has 1 N–H and O–H groups in total. The van der Waals surface area contributed by atoms with E-state index in [0.29, 0.717) is 23.6 Å². The molecule has 0 aliphatic carbocycles. The number of aromatic nitrogens is 3. The van der Waals surface area contributed by atoms with Crippen molar-refractivity contribution in [1.29, 1.82) is 5.26 Å². The third-order valence-electron chi connectivity index (χ3n) is 6.36. The summed E-state index contributed by atoms with van der Waals surface area (Å²) in [7, 11) is 4.51. The molecule has 3 heterocycles. The van der Waals surface area contributed by atoms with Crippen molar-refractivity contribution in [1.82, 2.24) is 14.5 Å². The van der Waals surface area contributed by atoms with Crippen LogP contribution in [-0.4, -0.2) is 47.9 Å². The standard InChI is InChI=1S/C28H25F2N5O6/c1-14-16(13-31)26(36)24(15(2)35(14)3)27(37)33-19-10-18(30)22(11-17(19)29)41-21-6-7-32-20-12-23(40-9-8-38-4)28(39-5)34-25(20)21/h6-7,10-12H,8-9H2,1-5H3,(H,33,37). The molecule has 41 heavy (non-hydrogen) atoms. The highest BCUT2D eigenvalue weighted by atomic mass is 19.1. The van der Waals surface area contributed by atoms with Crippen LogP contribution in [-0.2, 0) is 11.8 Å². The summed E-state index contributed by atoms with van der Waals surface area (Å²) >= 11 is 0. The van der Waals surface area contributed by atoms with Crippen LogP contribution in [0.5, 0.6) is 23.1 Å². The zero-order chi connectivity index (χ0) is 29.8. The first-order valence-electron chi connectivity index (χ1n) is 12.1. The maximum atomic E-state index is 15.1. The van der Waals surface area contributed by atoms with Gasteiger partial charge in [0.05, 0.1) is 24.9 Å². The fourth-order valence-corrected chi connectivity index (χ4v) is 4.02. The number of fused-ring (bicyclic) bond motifs is 1. The maximum absolute atomic E-state index is 15.1. The molecule has 0 aliphatic heterocycles. The molecule has 1 aromatic carbocycles. The Balaban J connectivity index is 1.65. The van der Waals surface area contributed by atoms with E-state index in [0.717, 1.165) is 12.1 Å². The van der Waals surface area contributed by atoms with Crippen molar-refractivity contribution in [2.75, 3.05) is 32.8 Å². The number of hydrogen-bond acceptors (Lipinski definition) is 9. The first kappa shape index (κ1) is 28.9. The number of ether oxygens (including phenoxy) is 4. The molecule has 3 aromatic heterocycles. The number of hydrogen-bond donors (Lipinski definition) is 1. The molecule has 0 saturated carbocycles. The van der Waals surface area contributed by atoms with Gasteiger partial charge in [-0.25, -0.2) is 13.8 Å². The summed E-state index contributed by atoms with van der Waals surface area (Å²) in [5.74, 6) is -3.06. The molecule has 0 radical (unpaired) electrons. The SMILES string of the molecule is COCCOc1cc2nccc(Oc3cc(F)c(NC(=O)c4c(C)n(C)c(C)c(C#N)c4=O)cc3F)c2nc1OC. The molecule has 0 saturated heterocycles. The largest absolute Gasteiger partial charge is 0.485 e. The first-order valence-corrected chi connectivity index (χ1v) is 12.1. The van der Waals surface area contributed by atoms with Crippen LogP contribution in [0, 0.1) is 36.8 Å². The van der Waals surface area contributed by atoms with Gasteiger partial charge in [-0.05, 0) is 13.8 Å². The summed E-state index contributed by atoms with van der Waals surface area (Å²) in [5, 5.41) is 11.6. The highest BCUT2D eigenvalue weighted by molar-refractivity contribution is 6.05. The number of methoxy groups -OCH3 is 2. The van der Waals surface area contributed by atoms with Crippen LogP contribution >= 0.6 is 0 Å². The Bertz CT molecular complexity index is 1770. The van der Waals surface area contributed by atoms with E-state index < -0.39 is 34.4 Å². The van der Waals surface area contributed by atoms with E-state index in [1.807, 2.05) is 0 Å². The van der Waals surface area contributed by atoms with Gasteiger partial charge in [0, 0.05) is 56.0 Å². The lowest BCUT2D eigenvalue weighted by Crippen LogP contribution is -2.29. The van der Waals surface area contributed by atoms with Gasteiger partial charge in [-0.15, -0.1) is 0 Å². The fourth-order valence-electron chi connectivity index (χ4n) is 4.02. The number of pyridine rings is 3. The summed E-state index contributed by atoms with van der Waals surface area (Å²) in [5.41, 5.74) is -0.755. The number of anilines is 1. The van der Waals surface area contributed by atoms with E-state index in [-0.39, 0.29) is 40.6 Å². The summed E-state index contributed by atoms with van der Waals surface area (Å²) in [6.45, 7) is 3.65. The van der Waals surface area contributed by atoms with Crippen molar-refractivity contribution in [3.8, 4) is 29.2 Å². The Morgan fingerprint density at radius 2 is 1.83 bits per heavy atom. The number of nitrogens with one attached hydrogen (secondary N) is 1. The van der Waals surface area contributed by atoms with Crippen molar-refractivity contribution >= 4 is 22.6 Å². The van der Waals surface area contributed by atoms with Crippen molar-refractivity contribution in [3.05, 3.63) is 74.8 Å². The number of nitrogens with zero attached hydrogens (tertiary/aromatic N) is 4. The van der Waals surface area contributed by atoms with Gasteiger partial charge in [-0.2, -0.15) is 5.26 Å². The van der Waals surface area contributed by atoms with Gasteiger partial charge in [0.15, 0.2) is 28.9 Å². The quantitative estimate of drug-likeness (QED) is 0.296. The molecule has 0 spiro atoms. The molecule has 13 heteroatoms. The van der Waals surface area contributed by atoms with E-state index in [1.54, 1.807) is 26.1 Å². The van der Waals surface area contributed by atoms with Gasteiger partial charge in [0.1, 0.15) is 29.3 Å². The summed E-state index contributed by atoms with van der Waals surface area (Å²) in [6.07, 6.45) is 1.40. The van der Waals surface area contributed by atoms with Crippen LogP contribution in [0.1, 0.15) is 27.3 Å². The van der Waals surface area contributed by atoms with E-state index in [2.05, 4.69) is 15.3 Å². The average molecular weight is 566 g/mol. The van der Waals surface area contributed by atoms with Crippen LogP contribution in [0.3, 0.4) is 0 Å². The van der Waals surface area contributed by atoms with Crippen LogP contribution in [0.25, 0.3) is 11.0 Å². The monoisotopic (exact) mass is 565 g/mol. The number of carbonyl (C=O) groups is 1. The van der Waals surface area contributed by atoms with Gasteiger partial charge < -0.3 is 28.8 Å². The van der Waals surface area contributed by atoms with Crippen LogP contribution < -0.4 is 25.0 Å². The number of nitriles is 1. The topological polar surface area (TPSA) is 138 Å². The van der Waals surface area contributed by atoms with E-state index in [1.165, 1.54) is 38.0 Å². The summed E-state index contributed by atoms with van der Waals surface area (Å²) in [6, 6.07) is 6.23. The Hall–Kier alpha value is -5.09. The van der Waals surface area contributed by atoms with Gasteiger partial charge >= 0.3 is 0 Å². The lowest BCUT2D eigenvalue weighted by Gasteiger charge is -2.16. The fraction of sp³-hybridized carbons (Fsp3) is 0.250. The van der Waals surface area contributed by atoms with Gasteiger partial charge in [0.2, 0.25) is 5.43 Å². The van der Waals surface area contributed by atoms with E-state index in [4.69, 9.17) is 18.9 Å². The third kappa shape index (κ3) is 5.64. The van der Waals surface area contributed by atoms with Gasteiger partial charge in [-0.3, -0.25) is 14.6 Å². The Kier molecular flexibility index (Phi) is 8.44. The van der Waals surface area contributed by atoms with Crippen LogP contribution in [0.4, 0.5) is 14.5 Å². The minimum absolute atomic E-state index is 0.0506. The second-order valence-electron chi connectivity index (χ2n) is 8.75. The van der Waals surface area contributed by atoms with Crippen molar-refractivity contribution in [3.63, 3.8) is 0 Å². The number of halogens is 2. The molecule has 4 rings (SSSR count). The molecule has 11 nitrogen and oxygen atoms in total. The molecule has 212 valence electrons. The number of rotatable bonds is 9. The first-order chi connectivity index (χ1) is 19.6. The second kappa shape index (κ2) is 12.0. The summed E-state index contributed by atoms with van der Waals surface area (Å²) in [4.78, 5) is 34.3. The third-order valence-corrected chi connectivity index (χ3v) is 6.36. The lowest BCUT2D eigenvalue weighted by atomic mass is 10.1. The van der Waals surface area contributed by atoms with Gasteiger partial charge in [-0.1, -0.05) is 0 Å². The lowest BCUT2D eigenvalue weighted by molar-refractivity contribution is 0.102. The molecule has 0 atom stereocenters. The predicted molar refractivity (Wildman–Crippen MR) is 144 cm³/mol. The maximum Gasteiger partial charge on any atom is 0.261 e. The van der Waals surface area contributed by atoms with Gasteiger partial charge in [0.25, 0.3) is 11.8 Å². The number of benzene rings is 1. The van der Waals surface area contributed by atoms with E-state index >= 15 is 8.78 Å². The Morgan fingerprint density at radius 3 is 2.51 bits per heavy atom. The second-order valence-corrected chi connectivity index (χ2v) is 8.75. The molecule has 0 aliphatic rings. The highest BCUT2D eigenvalue weighted by Gasteiger charge is 2.23. The normalized spacial score (nSPS) is 10.8. The molecule has 1 amide bonds. The molecular formula is C28H25F2N5O6. The molecular weight excluding hydrogens is 540 g/mol. The summed E-state index contributed by atoms with van der Waals surface area (Å²) < 4.78 is 53.2. The van der Waals surface area contributed by atoms with Crippen LogP contribution in [0.15, 0.2) is 35.3 Å². The van der Waals surface area contributed by atoms with Crippen molar-refractivity contribution < 1.29 is 32.5 Å². The van der Waals surface area contributed by atoms with Crippen LogP contribution in [0.2, 0.25) is 0 Å². The highest BCUT2D eigenvalue weighted by Crippen LogP contribution is 2.36. The Labute approximate surface area is 232 Å². The van der Waals surface area contributed by atoms with Crippen molar-refractivity contribution in [2.24, 2.45) is 7.05 Å². The molecule has 0 bridgehead atoms. The molecule has 0 fully saturated rings. The predicted octanol–water partition coefficient (Wildman–Crippen LogP) is 4.17. The zero-order valence-corrected chi connectivity index (χ0v) is 22.8. The smallest absolute Gasteiger partial charge is 0.261 e. The average Bonchev–Trinajstić information content (AvgIpc) is 2.94. The number of amides is 1. The van der Waals surface area contributed by atoms with E-state index in [9.17, 15) is 14.9 Å².